The van der Waals surface area contributed by atoms with Gasteiger partial charge in [-0.05, 0) is 69.8 Å². The van der Waals surface area contributed by atoms with Crippen LogP contribution in [0, 0.1) is 6.92 Å². The van der Waals surface area contributed by atoms with Crippen molar-refractivity contribution in [2.24, 2.45) is 0 Å². The van der Waals surface area contributed by atoms with Crippen molar-refractivity contribution in [1.82, 2.24) is 20.1 Å². The van der Waals surface area contributed by atoms with Crippen molar-refractivity contribution >= 4 is 23.2 Å². The van der Waals surface area contributed by atoms with Crippen LogP contribution in [0.1, 0.15) is 66.7 Å². The molecule has 0 bridgehead atoms. The van der Waals surface area contributed by atoms with Gasteiger partial charge in [0.2, 0.25) is 0 Å². The molecule has 2 heterocycles. The van der Waals surface area contributed by atoms with E-state index in [0.717, 1.165) is 49.7 Å². The Bertz CT molecular complexity index is 946. The summed E-state index contributed by atoms with van der Waals surface area (Å²) >= 11 is 0. The van der Waals surface area contributed by atoms with Gasteiger partial charge in [0.05, 0.1) is 0 Å². The van der Waals surface area contributed by atoms with Gasteiger partial charge in [0.15, 0.2) is 0 Å². The summed E-state index contributed by atoms with van der Waals surface area (Å²) in [6.45, 7) is 11.7. The Morgan fingerprint density at radius 2 is 2.07 bits per heavy atom. The van der Waals surface area contributed by atoms with Crippen molar-refractivity contribution in [3.8, 4) is 0 Å². The molecule has 30 heavy (non-hydrogen) atoms. The maximum absolute atomic E-state index is 12.7. The van der Waals surface area contributed by atoms with Gasteiger partial charge in [-0.15, -0.1) is 0 Å². The third-order valence-corrected chi connectivity index (χ3v) is 7.03. The van der Waals surface area contributed by atoms with E-state index in [4.69, 9.17) is 0 Å². The topological polar surface area (TPSA) is 68.4 Å². The number of rotatable bonds is 6. The SMILES string of the molecule is CCCN1C[C@@H](NC(=O)N(CC)CC)CC2c3cc(C=O)cc4[nH]c(C)c(c34)C[C@H]21. The predicted molar refractivity (Wildman–Crippen MR) is 120 cm³/mol. The number of fused-ring (bicyclic) bond motifs is 2. The number of amides is 2. The molecule has 2 aliphatic rings. The van der Waals surface area contributed by atoms with Gasteiger partial charge < -0.3 is 15.2 Å². The van der Waals surface area contributed by atoms with Crippen LogP contribution in [0.15, 0.2) is 12.1 Å². The van der Waals surface area contributed by atoms with E-state index in [0.29, 0.717) is 25.0 Å². The predicted octanol–water partition coefficient (Wildman–Crippen LogP) is 3.83. The summed E-state index contributed by atoms with van der Waals surface area (Å²) in [5.41, 5.74) is 5.67. The average molecular weight is 411 g/mol. The maximum Gasteiger partial charge on any atom is 0.317 e. The fourth-order valence-corrected chi connectivity index (χ4v) is 5.66. The van der Waals surface area contributed by atoms with Crippen LogP contribution < -0.4 is 5.32 Å². The molecule has 1 unspecified atom stereocenters. The van der Waals surface area contributed by atoms with Crippen molar-refractivity contribution in [2.45, 2.75) is 65.0 Å². The van der Waals surface area contributed by atoms with Crippen LogP contribution in [-0.2, 0) is 6.42 Å². The average Bonchev–Trinajstić information content (AvgIpc) is 3.05. The molecule has 1 aromatic carbocycles. The van der Waals surface area contributed by atoms with Crippen LogP contribution in [-0.4, -0.2) is 65.4 Å². The Morgan fingerprint density at radius 1 is 1.30 bits per heavy atom. The number of aromatic nitrogens is 1. The zero-order valence-electron chi connectivity index (χ0n) is 18.6. The second-order valence-electron chi connectivity index (χ2n) is 8.81. The zero-order chi connectivity index (χ0) is 21.4. The number of benzene rings is 1. The quantitative estimate of drug-likeness (QED) is 0.711. The second-order valence-corrected chi connectivity index (χ2v) is 8.81. The largest absolute Gasteiger partial charge is 0.358 e. The molecule has 1 saturated heterocycles. The van der Waals surface area contributed by atoms with E-state index in [9.17, 15) is 9.59 Å². The lowest BCUT2D eigenvalue weighted by atomic mass is 9.73. The van der Waals surface area contributed by atoms with E-state index in [1.807, 2.05) is 24.8 Å². The molecule has 4 rings (SSSR count). The van der Waals surface area contributed by atoms with Crippen molar-refractivity contribution in [3.63, 3.8) is 0 Å². The molecule has 0 spiro atoms. The Hall–Kier alpha value is -2.34. The third kappa shape index (κ3) is 3.51. The molecule has 1 aliphatic carbocycles. The molecular weight excluding hydrogens is 376 g/mol. The first-order chi connectivity index (χ1) is 14.5. The first-order valence-corrected chi connectivity index (χ1v) is 11.4. The Kier molecular flexibility index (Phi) is 5.87. The lowest BCUT2D eigenvalue weighted by Gasteiger charge is -2.47. The van der Waals surface area contributed by atoms with Crippen molar-refractivity contribution < 1.29 is 9.59 Å². The summed E-state index contributed by atoms with van der Waals surface area (Å²) in [5.74, 6) is 0.317. The Labute approximate surface area is 179 Å². The highest BCUT2D eigenvalue weighted by atomic mass is 16.2. The molecule has 6 heteroatoms. The van der Waals surface area contributed by atoms with Crippen LogP contribution in [0.4, 0.5) is 4.79 Å². The number of H-pyrrole nitrogens is 1. The minimum absolute atomic E-state index is 0.0284. The Balaban J connectivity index is 1.71. The summed E-state index contributed by atoms with van der Waals surface area (Å²) in [6, 6.07) is 4.61. The molecule has 1 fully saturated rings. The molecular formula is C24H34N4O2. The van der Waals surface area contributed by atoms with Gasteiger partial charge >= 0.3 is 6.03 Å². The van der Waals surface area contributed by atoms with E-state index in [-0.39, 0.29) is 12.1 Å². The van der Waals surface area contributed by atoms with E-state index in [1.54, 1.807) is 0 Å². The number of aldehydes is 1. The molecule has 2 amide bonds. The highest BCUT2D eigenvalue weighted by molar-refractivity contribution is 5.94. The molecule has 3 atom stereocenters. The number of hydrogen-bond acceptors (Lipinski definition) is 3. The molecule has 0 saturated carbocycles. The lowest BCUT2D eigenvalue weighted by Crippen LogP contribution is -2.58. The van der Waals surface area contributed by atoms with E-state index in [2.05, 4.69) is 35.1 Å². The highest BCUT2D eigenvalue weighted by Crippen LogP contribution is 2.45. The molecule has 1 aliphatic heterocycles. The van der Waals surface area contributed by atoms with Crippen LogP contribution in [0.2, 0.25) is 0 Å². The highest BCUT2D eigenvalue weighted by Gasteiger charge is 2.41. The van der Waals surface area contributed by atoms with Gasteiger partial charge in [-0.25, -0.2) is 4.79 Å². The summed E-state index contributed by atoms with van der Waals surface area (Å²) in [4.78, 5) is 32.3. The van der Waals surface area contributed by atoms with E-state index < -0.39 is 0 Å². The van der Waals surface area contributed by atoms with E-state index in [1.165, 1.54) is 22.2 Å². The standard InChI is InChI=1S/C24H34N4O2/c1-5-8-28-13-17(26-24(30)27(6-2)7-3)11-19-20-9-16(14-29)10-21-23(20)18(12-22(19)28)15(4)25-21/h9-10,14,17,19,22,25H,5-8,11-13H2,1-4H3,(H,26,30)/t17-,19?,22+/m0/s1. The van der Waals surface area contributed by atoms with Crippen molar-refractivity contribution in [1.29, 1.82) is 0 Å². The molecule has 2 aromatic rings. The lowest BCUT2D eigenvalue weighted by molar-refractivity contribution is 0.0978. The molecule has 1 aromatic heterocycles. The van der Waals surface area contributed by atoms with Gasteiger partial charge in [-0.1, -0.05) is 6.92 Å². The summed E-state index contributed by atoms with van der Waals surface area (Å²) in [5, 5.41) is 4.60. The maximum atomic E-state index is 12.7. The number of hydrogen-bond donors (Lipinski definition) is 2. The van der Waals surface area contributed by atoms with Crippen LogP contribution in [0.5, 0.6) is 0 Å². The van der Waals surface area contributed by atoms with Crippen molar-refractivity contribution in [3.05, 3.63) is 34.5 Å². The number of aryl methyl sites for hydroxylation is 1. The normalized spacial score (nSPS) is 23.3. The minimum atomic E-state index is 0.0284. The smallest absolute Gasteiger partial charge is 0.317 e. The molecule has 2 N–H and O–H groups in total. The molecule has 6 nitrogen and oxygen atoms in total. The number of likely N-dealkylation sites (tertiary alicyclic amines) is 1. The fraction of sp³-hybridized carbons (Fsp3) is 0.583. The summed E-state index contributed by atoms with van der Waals surface area (Å²) in [7, 11) is 0. The first-order valence-electron chi connectivity index (χ1n) is 11.4. The molecule has 162 valence electrons. The third-order valence-electron chi connectivity index (χ3n) is 7.03. The number of nitrogens with zero attached hydrogens (tertiary/aromatic N) is 2. The fourth-order valence-electron chi connectivity index (χ4n) is 5.66. The zero-order valence-corrected chi connectivity index (χ0v) is 18.6. The Morgan fingerprint density at radius 3 is 2.73 bits per heavy atom. The van der Waals surface area contributed by atoms with Crippen LogP contribution in [0.25, 0.3) is 10.9 Å². The number of carbonyl (C=O) groups is 2. The second kappa shape index (κ2) is 8.42. The van der Waals surface area contributed by atoms with Gasteiger partial charge in [0.1, 0.15) is 6.29 Å². The van der Waals surface area contributed by atoms with Gasteiger partial charge in [0, 0.05) is 59.8 Å². The van der Waals surface area contributed by atoms with Crippen molar-refractivity contribution in [2.75, 3.05) is 26.2 Å². The van der Waals surface area contributed by atoms with Gasteiger partial charge in [0.25, 0.3) is 0 Å². The number of carbonyl (C=O) groups excluding carboxylic acids is 2. The summed E-state index contributed by atoms with van der Waals surface area (Å²) < 4.78 is 0. The monoisotopic (exact) mass is 410 g/mol. The number of nitrogens with one attached hydrogen (secondary N) is 2. The van der Waals surface area contributed by atoms with Gasteiger partial charge in [-0.3, -0.25) is 9.69 Å². The van der Waals surface area contributed by atoms with Crippen LogP contribution in [0.3, 0.4) is 0 Å². The van der Waals surface area contributed by atoms with E-state index >= 15 is 0 Å². The van der Waals surface area contributed by atoms with Crippen LogP contribution >= 0.6 is 0 Å². The number of urea groups is 1. The molecule has 0 radical (unpaired) electrons. The minimum Gasteiger partial charge on any atom is -0.358 e. The first kappa shape index (κ1) is 20.9. The van der Waals surface area contributed by atoms with Gasteiger partial charge in [-0.2, -0.15) is 0 Å². The number of aromatic amines is 1. The number of piperidine rings is 1. The summed E-state index contributed by atoms with van der Waals surface area (Å²) in [6.07, 6.45) is 3.98.